The van der Waals surface area contributed by atoms with E-state index in [9.17, 15) is 48.3 Å². The number of alkyl halides is 8. The quantitative estimate of drug-likeness (QED) is 0.264. The number of hydrogen-bond acceptors (Lipinski definition) is 8. The maximum absolute atomic E-state index is 13.8. The summed E-state index contributed by atoms with van der Waals surface area (Å²) < 4.78 is 140. The van der Waals surface area contributed by atoms with Crippen LogP contribution in [0.2, 0.25) is 10.0 Å². The smallest absolute Gasteiger partial charge is 0.404 e. The van der Waals surface area contributed by atoms with E-state index in [1.165, 1.54) is 4.72 Å². The number of nitrogens with zero attached hydrogens (tertiary/aromatic N) is 4. The molecule has 9 nitrogen and oxygen atoms in total. The van der Waals surface area contributed by atoms with Gasteiger partial charge in [-0.15, -0.1) is 21.5 Å². The van der Waals surface area contributed by atoms with Crippen molar-refractivity contribution >= 4 is 50.5 Å². The molecular formula is C24H19Cl2F8N5O4S2. The van der Waals surface area contributed by atoms with E-state index in [4.69, 9.17) is 27.6 Å². The molecule has 3 aromatic rings. The van der Waals surface area contributed by atoms with Crippen LogP contribution >= 0.6 is 34.5 Å². The second-order valence-electron chi connectivity index (χ2n) is 10.5. The number of benzene rings is 1. The van der Waals surface area contributed by atoms with E-state index in [2.05, 4.69) is 15.2 Å². The molecule has 5 rings (SSSR count). The number of halogens is 10. The van der Waals surface area contributed by atoms with E-state index in [1.54, 1.807) is 0 Å². The van der Waals surface area contributed by atoms with Crippen LogP contribution < -0.4 is 4.72 Å². The van der Waals surface area contributed by atoms with Gasteiger partial charge in [-0.2, -0.15) is 31.1 Å². The molecule has 0 radical (unpaired) electrons. The van der Waals surface area contributed by atoms with Gasteiger partial charge in [-0.25, -0.2) is 22.2 Å². The van der Waals surface area contributed by atoms with Gasteiger partial charge in [0, 0.05) is 31.5 Å². The summed E-state index contributed by atoms with van der Waals surface area (Å²) in [5.74, 6) is -5.10. The third-order valence-corrected chi connectivity index (χ3v) is 11.0. The maximum atomic E-state index is 13.8. The van der Waals surface area contributed by atoms with Gasteiger partial charge in [0.1, 0.15) is 22.0 Å². The molecule has 1 saturated heterocycles. The highest BCUT2D eigenvalue weighted by molar-refractivity contribution is 7.89. The monoisotopic (exact) mass is 727 g/mol. The Kier molecular flexibility index (Phi) is 8.45. The standard InChI is InChI=1S/C24H19Cl2F8N5O4S2/c1-10(23(29,30)31)38-45(41,42)12-3-2-11(13(25)14(12)26)16-15(19(40)39-8-6-22(27,28)7-9-39)35-18(44-16)17-36-37-20(43-17)21(4-5-21)24(32,33)34/h2-3,10,38H,4-9H2,1H3/t10-/m0/s1. The van der Waals surface area contributed by atoms with Gasteiger partial charge in [0.05, 0.1) is 14.9 Å². The first kappa shape index (κ1) is 33.7. The van der Waals surface area contributed by atoms with Crippen LogP contribution in [0.25, 0.3) is 21.3 Å². The summed E-state index contributed by atoms with van der Waals surface area (Å²) in [5.41, 5.74) is -2.90. The summed E-state index contributed by atoms with van der Waals surface area (Å²) in [6.07, 6.45) is -11.5. The topological polar surface area (TPSA) is 118 Å². The number of likely N-dealkylation sites (tertiary alicyclic amines) is 1. The first-order valence-electron chi connectivity index (χ1n) is 12.8. The first-order valence-corrected chi connectivity index (χ1v) is 15.9. The molecule has 1 amide bonds. The largest absolute Gasteiger partial charge is 0.418 e. The number of carbonyl (C=O) groups excluding carboxylic acids is 1. The number of piperidine rings is 1. The average Bonchev–Trinajstić information content (AvgIpc) is 3.41. The van der Waals surface area contributed by atoms with Crippen LogP contribution in [0.5, 0.6) is 0 Å². The molecule has 1 aliphatic carbocycles. The fourth-order valence-electron chi connectivity index (χ4n) is 4.45. The Morgan fingerprint density at radius 3 is 2.22 bits per heavy atom. The molecule has 0 bridgehead atoms. The van der Waals surface area contributed by atoms with Crippen LogP contribution in [0.4, 0.5) is 35.1 Å². The minimum Gasteiger partial charge on any atom is -0.418 e. The van der Waals surface area contributed by atoms with Gasteiger partial charge in [0.25, 0.3) is 17.7 Å². The fourth-order valence-corrected chi connectivity index (χ4v) is 7.61. The van der Waals surface area contributed by atoms with Crippen molar-refractivity contribution in [2.75, 3.05) is 13.1 Å². The van der Waals surface area contributed by atoms with Crippen LogP contribution in [0, 0.1) is 0 Å². The lowest BCUT2D eigenvalue weighted by atomic mass is 10.1. The van der Waals surface area contributed by atoms with Gasteiger partial charge in [-0.3, -0.25) is 4.79 Å². The molecule has 1 aromatic carbocycles. The second-order valence-corrected chi connectivity index (χ2v) is 13.9. The Bertz CT molecular complexity index is 1750. The average molecular weight is 728 g/mol. The highest BCUT2D eigenvalue weighted by Gasteiger charge is 2.68. The molecule has 246 valence electrons. The summed E-state index contributed by atoms with van der Waals surface area (Å²) in [6, 6.07) is -0.634. The van der Waals surface area contributed by atoms with Crippen molar-refractivity contribution < 1.29 is 52.8 Å². The Labute approximate surface area is 263 Å². The summed E-state index contributed by atoms with van der Waals surface area (Å²) in [7, 11) is -4.87. The lowest BCUT2D eigenvalue weighted by molar-refractivity contribution is -0.165. The molecule has 45 heavy (non-hydrogen) atoms. The first-order chi connectivity index (χ1) is 20.7. The number of sulfonamides is 1. The predicted octanol–water partition coefficient (Wildman–Crippen LogP) is 6.86. The van der Waals surface area contributed by atoms with Crippen molar-refractivity contribution in [2.24, 2.45) is 0 Å². The van der Waals surface area contributed by atoms with Crippen LogP contribution in [0.1, 0.15) is 49.0 Å². The van der Waals surface area contributed by atoms with Crippen LogP contribution in [-0.4, -0.2) is 71.8 Å². The minimum absolute atomic E-state index is 0.128. The molecule has 0 spiro atoms. The van der Waals surface area contributed by atoms with Crippen molar-refractivity contribution in [3.8, 4) is 21.3 Å². The Morgan fingerprint density at radius 2 is 1.67 bits per heavy atom. The summed E-state index contributed by atoms with van der Waals surface area (Å²) in [5, 5.41) is 5.66. The summed E-state index contributed by atoms with van der Waals surface area (Å²) >= 11 is 13.2. The Morgan fingerprint density at radius 1 is 1.04 bits per heavy atom. The molecule has 3 heterocycles. The van der Waals surface area contributed by atoms with Gasteiger partial charge in [-0.05, 0) is 25.8 Å². The van der Waals surface area contributed by atoms with Crippen molar-refractivity contribution in [3.63, 3.8) is 0 Å². The maximum Gasteiger partial charge on any atom is 0.404 e. The number of carbonyl (C=O) groups is 1. The van der Waals surface area contributed by atoms with E-state index < -0.39 is 90.9 Å². The number of amides is 1. The van der Waals surface area contributed by atoms with Crippen LogP contribution in [0.15, 0.2) is 21.4 Å². The van der Waals surface area contributed by atoms with E-state index in [-0.39, 0.29) is 41.4 Å². The highest BCUT2D eigenvalue weighted by atomic mass is 35.5. The van der Waals surface area contributed by atoms with Gasteiger partial charge >= 0.3 is 12.4 Å². The second kappa shape index (κ2) is 11.3. The lowest BCUT2D eigenvalue weighted by Gasteiger charge is -2.31. The normalized spacial score (nSPS) is 19.0. The van der Waals surface area contributed by atoms with E-state index in [0.717, 1.165) is 17.0 Å². The molecule has 21 heteroatoms. The van der Waals surface area contributed by atoms with E-state index in [0.29, 0.717) is 18.3 Å². The zero-order valence-corrected chi connectivity index (χ0v) is 25.6. The number of rotatable bonds is 7. The third-order valence-electron chi connectivity index (χ3n) is 7.33. The van der Waals surface area contributed by atoms with Gasteiger partial charge in [0.2, 0.25) is 15.9 Å². The Hall–Kier alpha value is -2.61. The Balaban J connectivity index is 1.57. The van der Waals surface area contributed by atoms with Gasteiger partial charge in [0.15, 0.2) is 5.01 Å². The van der Waals surface area contributed by atoms with Gasteiger partial charge in [-0.1, -0.05) is 29.3 Å². The number of nitrogens with one attached hydrogen (secondary N) is 1. The van der Waals surface area contributed by atoms with Crippen molar-refractivity contribution in [2.45, 2.75) is 67.2 Å². The summed E-state index contributed by atoms with van der Waals surface area (Å²) in [6.45, 7) is -0.172. The zero-order chi connectivity index (χ0) is 33.3. The molecule has 1 saturated carbocycles. The molecule has 1 atom stereocenters. The van der Waals surface area contributed by atoms with E-state index in [1.807, 2.05) is 0 Å². The number of thiazole rings is 1. The molecule has 1 aliphatic heterocycles. The molecule has 2 aliphatic rings. The highest BCUT2D eigenvalue weighted by Crippen LogP contribution is 2.58. The molecular weight excluding hydrogens is 709 g/mol. The molecule has 1 N–H and O–H groups in total. The van der Waals surface area contributed by atoms with Gasteiger partial charge < -0.3 is 9.32 Å². The SMILES string of the molecule is C[C@H](NS(=O)(=O)c1ccc(-c2sc(-c3nnc(C4(C(F)(F)F)CC4)o3)nc2C(=O)N2CCC(F)(F)CC2)c(Cl)c1Cl)C(F)(F)F. The van der Waals surface area contributed by atoms with Crippen LogP contribution in [-0.2, 0) is 15.4 Å². The molecule has 2 fully saturated rings. The van der Waals surface area contributed by atoms with Crippen molar-refractivity contribution in [3.05, 3.63) is 33.8 Å². The fraction of sp³-hybridized carbons (Fsp3) is 0.500. The number of hydrogen-bond donors (Lipinski definition) is 1. The molecule has 0 unspecified atom stereocenters. The predicted molar refractivity (Wildman–Crippen MR) is 144 cm³/mol. The van der Waals surface area contributed by atoms with Crippen molar-refractivity contribution in [1.29, 1.82) is 0 Å². The van der Waals surface area contributed by atoms with Crippen molar-refractivity contribution in [1.82, 2.24) is 24.8 Å². The molecule has 2 aromatic heterocycles. The zero-order valence-electron chi connectivity index (χ0n) is 22.5. The lowest BCUT2D eigenvalue weighted by Crippen LogP contribution is -2.43. The number of aromatic nitrogens is 3. The van der Waals surface area contributed by atoms with Crippen LogP contribution in [0.3, 0.4) is 0 Å². The van der Waals surface area contributed by atoms with E-state index >= 15 is 0 Å². The minimum atomic E-state index is -4.93. The third kappa shape index (κ3) is 6.37. The summed E-state index contributed by atoms with van der Waals surface area (Å²) in [4.78, 5) is 17.8.